The molecule has 110 valence electrons. The minimum absolute atomic E-state index is 0.300. The molecule has 3 rings (SSSR count). The summed E-state index contributed by atoms with van der Waals surface area (Å²) in [5.41, 5.74) is 4.83. The number of fused-ring (bicyclic) bond motifs is 1. The lowest BCUT2D eigenvalue weighted by atomic mass is 9.97. The molecule has 1 N–H and O–H groups in total. The topological polar surface area (TPSA) is 50.7 Å². The highest BCUT2D eigenvalue weighted by atomic mass is 15.0. The van der Waals surface area contributed by atoms with Crippen LogP contribution in [-0.2, 0) is 6.42 Å². The first kappa shape index (κ1) is 14.0. The van der Waals surface area contributed by atoms with Gasteiger partial charge in [0.05, 0.1) is 11.4 Å². The fraction of sp³-hybridized carbons (Fsp3) is 0.471. The van der Waals surface area contributed by atoms with Gasteiger partial charge in [0.15, 0.2) is 0 Å². The summed E-state index contributed by atoms with van der Waals surface area (Å²) < 4.78 is 0. The van der Waals surface area contributed by atoms with Gasteiger partial charge in [0.2, 0.25) is 0 Å². The van der Waals surface area contributed by atoms with E-state index in [4.69, 9.17) is 4.98 Å². The van der Waals surface area contributed by atoms with Crippen molar-refractivity contribution in [1.29, 1.82) is 0 Å². The maximum Gasteiger partial charge on any atom is 0.133 e. The summed E-state index contributed by atoms with van der Waals surface area (Å²) >= 11 is 0. The normalized spacial score (nSPS) is 17.1. The van der Waals surface area contributed by atoms with Crippen molar-refractivity contribution in [2.24, 2.45) is 0 Å². The van der Waals surface area contributed by atoms with Crippen LogP contribution < -0.4 is 5.32 Å². The Balaban J connectivity index is 2.12. The Morgan fingerprint density at radius 3 is 2.76 bits per heavy atom. The van der Waals surface area contributed by atoms with Crippen molar-refractivity contribution < 1.29 is 0 Å². The van der Waals surface area contributed by atoms with Gasteiger partial charge in [0.1, 0.15) is 11.6 Å². The molecular weight excluding hydrogens is 260 g/mol. The van der Waals surface area contributed by atoms with Crippen molar-refractivity contribution in [1.82, 2.24) is 15.0 Å². The molecule has 0 fully saturated rings. The van der Waals surface area contributed by atoms with E-state index < -0.39 is 0 Å². The predicted octanol–water partition coefficient (Wildman–Crippen LogP) is 3.42. The zero-order chi connectivity index (χ0) is 15.0. The van der Waals surface area contributed by atoms with E-state index in [1.165, 1.54) is 11.3 Å². The largest absolute Gasteiger partial charge is 0.373 e. The molecule has 21 heavy (non-hydrogen) atoms. The van der Waals surface area contributed by atoms with Crippen LogP contribution >= 0.6 is 0 Å². The Labute approximate surface area is 126 Å². The molecule has 1 atom stereocenters. The van der Waals surface area contributed by atoms with Crippen LogP contribution in [0.5, 0.6) is 0 Å². The molecule has 1 aliphatic carbocycles. The third-order valence-corrected chi connectivity index (χ3v) is 4.24. The van der Waals surface area contributed by atoms with Gasteiger partial charge in [-0.25, -0.2) is 9.97 Å². The minimum atomic E-state index is 0.300. The van der Waals surface area contributed by atoms with Gasteiger partial charge in [-0.2, -0.15) is 0 Å². The second-order valence-corrected chi connectivity index (χ2v) is 5.98. The SMILES string of the molecule is CNc1nc(C(C)C)nc(C2CCc3cccnc32)c1C. The molecule has 0 bridgehead atoms. The van der Waals surface area contributed by atoms with E-state index in [0.29, 0.717) is 11.8 Å². The molecule has 4 heteroatoms. The van der Waals surface area contributed by atoms with Gasteiger partial charge in [-0.05, 0) is 31.4 Å². The lowest BCUT2D eigenvalue weighted by molar-refractivity contribution is 0.698. The van der Waals surface area contributed by atoms with Crippen LogP contribution in [0.1, 0.15) is 60.4 Å². The second-order valence-electron chi connectivity index (χ2n) is 5.98. The fourth-order valence-electron chi connectivity index (χ4n) is 3.07. The lowest BCUT2D eigenvalue weighted by Gasteiger charge is -2.18. The zero-order valence-electron chi connectivity index (χ0n) is 13.1. The van der Waals surface area contributed by atoms with Gasteiger partial charge in [0, 0.05) is 30.6 Å². The third kappa shape index (κ3) is 2.39. The first-order valence-corrected chi connectivity index (χ1v) is 7.61. The highest BCUT2D eigenvalue weighted by Gasteiger charge is 2.29. The van der Waals surface area contributed by atoms with Crippen molar-refractivity contribution >= 4 is 5.82 Å². The standard InChI is InChI=1S/C17H22N4/c1-10(2)16-20-14(11(3)17(18-4)21-16)13-8-7-12-6-5-9-19-15(12)13/h5-6,9-10,13H,7-8H2,1-4H3,(H,18,20,21). The number of anilines is 1. The van der Waals surface area contributed by atoms with Crippen molar-refractivity contribution in [2.45, 2.75) is 45.4 Å². The van der Waals surface area contributed by atoms with E-state index in [2.05, 4.69) is 42.1 Å². The minimum Gasteiger partial charge on any atom is -0.373 e. The Bertz CT molecular complexity index is 664. The van der Waals surface area contributed by atoms with Crippen molar-refractivity contribution in [3.05, 3.63) is 46.7 Å². The number of rotatable bonds is 3. The molecule has 2 aromatic heterocycles. The quantitative estimate of drug-likeness (QED) is 0.937. The molecule has 1 aliphatic rings. The number of aromatic nitrogens is 3. The number of hydrogen-bond donors (Lipinski definition) is 1. The van der Waals surface area contributed by atoms with Crippen LogP contribution in [0, 0.1) is 6.92 Å². The van der Waals surface area contributed by atoms with Gasteiger partial charge >= 0.3 is 0 Å². The molecule has 0 aromatic carbocycles. The van der Waals surface area contributed by atoms with Crippen LogP contribution in [0.15, 0.2) is 18.3 Å². The van der Waals surface area contributed by atoms with Gasteiger partial charge < -0.3 is 5.32 Å². The maximum atomic E-state index is 4.87. The molecule has 0 aliphatic heterocycles. The number of aryl methyl sites for hydroxylation is 1. The highest BCUT2D eigenvalue weighted by Crippen LogP contribution is 2.38. The monoisotopic (exact) mass is 282 g/mol. The van der Waals surface area contributed by atoms with Crippen LogP contribution in [0.4, 0.5) is 5.82 Å². The number of nitrogens with zero attached hydrogens (tertiary/aromatic N) is 3. The summed E-state index contributed by atoms with van der Waals surface area (Å²) in [6, 6.07) is 4.20. The zero-order valence-corrected chi connectivity index (χ0v) is 13.1. The molecule has 4 nitrogen and oxygen atoms in total. The van der Waals surface area contributed by atoms with E-state index in [1.54, 1.807) is 0 Å². The molecular formula is C17H22N4. The Morgan fingerprint density at radius 1 is 1.24 bits per heavy atom. The molecule has 2 heterocycles. The van der Waals surface area contributed by atoms with Gasteiger partial charge in [0.25, 0.3) is 0 Å². The second kappa shape index (κ2) is 5.43. The summed E-state index contributed by atoms with van der Waals surface area (Å²) in [4.78, 5) is 14.1. The maximum absolute atomic E-state index is 4.87. The first-order chi connectivity index (χ1) is 10.1. The molecule has 2 aromatic rings. The molecule has 1 unspecified atom stereocenters. The van der Waals surface area contributed by atoms with E-state index in [0.717, 1.165) is 35.7 Å². The Morgan fingerprint density at radius 2 is 2.05 bits per heavy atom. The number of nitrogens with one attached hydrogen (secondary N) is 1. The van der Waals surface area contributed by atoms with Crippen LogP contribution in [0.2, 0.25) is 0 Å². The highest BCUT2D eigenvalue weighted by molar-refractivity contribution is 5.49. The average Bonchev–Trinajstić information content (AvgIpc) is 2.91. The van der Waals surface area contributed by atoms with Gasteiger partial charge in [-0.15, -0.1) is 0 Å². The summed E-state index contributed by atoms with van der Waals surface area (Å²) in [5.74, 6) is 2.47. The van der Waals surface area contributed by atoms with E-state index in [9.17, 15) is 0 Å². The summed E-state index contributed by atoms with van der Waals surface area (Å²) in [6.07, 6.45) is 4.06. The lowest BCUT2D eigenvalue weighted by Crippen LogP contribution is -2.12. The Hall–Kier alpha value is -1.97. The molecule has 0 saturated carbocycles. The summed E-state index contributed by atoms with van der Waals surface area (Å²) in [5, 5.41) is 3.21. The van der Waals surface area contributed by atoms with Crippen molar-refractivity contribution in [3.63, 3.8) is 0 Å². The van der Waals surface area contributed by atoms with Gasteiger partial charge in [-0.3, -0.25) is 4.98 Å². The van der Waals surface area contributed by atoms with Crippen molar-refractivity contribution in [2.75, 3.05) is 12.4 Å². The van der Waals surface area contributed by atoms with E-state index in [-0.39, 0.29) is 0 Å². The predicted molar refractivity (Wildman–Crippen MR) is 84.8 cm³/mol. The number of pyridine rings is 1. The molecule has 0 saturated heterocycles. The Kier molecular flexibility index (Phi) is 3.62. The molecule has 0 radical (unpaired) electrons. The van der Waals surface area contributed by atoms with Crippen LogP contribution in [0.3, 0.4) is 0 Å². The summed E-state index contributed by atoms with van der Waals surface area (Å²) in [6.45, 7) is 6.37. The fourth-order valence-corrected chi connectivity index (χ4v) is 3.07. The number of hydrogen-bond acceptors (Lipinski definition) is 4. The van der Waals surface area contributed by atoms with Gasteiger partial charge in [-0.1, -0.05) is 19.9 Å². The smallest absolute Gasteiger partial charge is 0.133 e. The third-order valence-electron chi connectivity index (χ3n) is 4.24. The van der Waals surface area contributed by atoms with E-state index >= 15 is 0 Å². The average molecular weight is 282 g/mol. The molecule has 0 amide bonds. The first-order valence-electron chi connectivity index (χ1n) is 7.61. The van der Waals surface area contributed by atoms with Crippen LogP contribution in [0.25, 0.3) is 0 Å². The van der Waals surface area contributed by atoms with Crippen molar-refractivity contribution in [3.8, 4) is 0 Å². The van der Waals surface area contributed by atoms with Crippen LogP contribution in [-0.4, -0.2) is 22.0 Å². The molecule has 0 spiro atoms. The van der Waals surface area contributed by atoms with E-state index in [1.807, 2.05) is 19.3 Å². The summed E-state index contributed by atoms with van der Waals surface area (Å²) in [7, 11) is 1.92.